The molecule has 0 saturated carbocycles. The molecule has 0 aliphatic carbocycles. The lowest BCUT2D eigenvalue weighted by Gasteiger charge is -2.07. The third-order valence-corrected chi connectivity index (χ3v) is 2.15. The van der Waals surface area contributed by atoms with Gasteiger partial charge in [0.15, 0.2) is 0 Å². The molecule has 0 aliphatic rings. The summed E-state index contributed by atoms with van der Waals surface area (Å²) in [5, 5.41) is 8.39. The number of carbonyl (C=O) groups is 2. The molecule has 1 atom stereocenters. The van der Waals surface area contributed by atoms with E-state index in [0.29, 0.717) is 12.3 Å². The SMILES string of the molecule is C=COC(C)=O.CCCCC(C)CCC(=O)O. The minimum absolute atomic E-state index is 0.324. The Morgan fingerprint density at radius 3 is 2.29 bits per heavy atom. The second kappa shape index (κ2) is 12.7. The van der Waals surface area contributed by atoms with E-state index in [1.807, 2.05) is 0 Å². The summed E-state index contributed by atoms with van der Waals surface area (Å²) in [5.74, 6) is -0.426. The standard InChI is InChI=1S/C9H18O2.C4H6O2/c1-3-4-5-8(2)6-7-9(10)11;1-3-6-4(2)5/h8H,3-7H2,1-2H3,(H,10,11);3H,1H2,2H3. The summed E-state index contributed by atoms with van der Waals surface area (Å²) >= 11 is 0. The monoisotopic (exact) mass is 244 g/mol. The van der Waals surface area contributed by atoms with E-state index in [1.54, 1.807) is 0 Å². The van der Waals surface area contributed by atoms with Gasteiger partial charge in [0.1, 0.15) is 0 Å². The van der Waals surface area contributed by atoms with E-state index in [4.69, 9.17) is 5.11 Å². The molecule has 100 valence electrons. The van der Waals surface area contributed by atoms with Gasteiger partial charge in [-0.15, -0.1) is 0 Å². The van der Waals surface area contributed by atoms with Crippen LogP contribution in [0.15, 0.2) is 12.8 Å². The van der Waals surface area contributed by atoms with Crippen LogP contribution >= 0.6 is 0 Å². The number of hydrogen-bond donors (Lipinski definition) is 1. The Labute approximate surface area is 104 Å². The smallest absolute Gasteiger partial charge is 0.307 e. The first-order valence-electron chi connectivity index (χ1n) is 5.93. The van der Waals surface area contributed by atoms with Gasteiger partial charge >= 0.3 is 11.9 Å². The van der Waals surface area contributed by atoms with Gasteiger partial charge in [-0.1, -0.05) is 39.7 Å². The summed E-state index contributed by atoms with van der Waals surface area (Å²) in [5.41, 5.74) is 0. The van der Waals surface area contributed by atoms with Crippen molar-refractivity contribution in [1.29, 1.82) is 0 Å². The number of rotatable bonds is 7. The van der Waals surface area contributed by atoms with Gasteiger partial charge in [0, 0.05) is 13.3 Å². The fourth-order valence-electron chi connectivity index (χ4n) is 1.18. The van der Waals surface area contributed by atoms with E-state index in [9.17, 15) is 9.59 Å². The molecule has 0 fully saturated rings. The van der Waals surface area contributed by atoms with Crippen molar-refractivity contribution in [2.24, 2.45) is 5.92 Å². The molecule has 1 unspecified atom stereocenters. The van der Waals surface area contributed by atoms with E-state index in [0.717, 1.165) is 12.7 Å². The third kappa shape index (κ3) is 20.7. The summed E-state index contributed by atoms with van der Waals surface area (Å²) in [6.45, 7) is 8.76. The number of unbranched alkanes of at least 4 members (excludes halogenated alkanes) is 1. The maximum absolute atomic E-state index is 10.2. The van der Waals surface area contributed by atoms with Crippen LogP contribution in [0.3, 0.4) is 0 Å². The predicted molar refractivity (Wildman–Crippen MR) is 67.5 cm³/mol. The molecule has 4 heteroatoms. The zero-order valence-electron chi connectivity index (χ0n) is 11.1. The number of ether oxygens (including phenoxy) is 1. The van der Waals surface area contributed by atoms with Gasteiger partial charge in [-0.2, -0.15) is 0 Å². The topological polar surface area (TPSA) is 63.6 Å². The van der Waals surface area contributed by atoms with Crippen LogP contribution in [0, 0.1) is 5.92 Å². The van der Waals surface area contributed by atoms with Crippen molar-refractivity contribution in [3.05, 3.63) is 12.8 Å². The van der Waals surface area contributed by atoms with Crippen molar-refractivity contribution >= 4 is 11.9 Å². The summed E-state index contributed by atoms with van der Waals surface area (Å²) in [6.07, 6.45) is 5.85. The minimum atomic E-state index is -0.673. The molecule has 0 heterocycles. The lowest BCUT2D eigenvalue weighted by Crippen LogP contribution is -2.00. The maximum Gasteiger partial charge on any atom is 0.307 e. The minimum Gasteiger partial charge on any atom is -0.481 e. The van der Waals surface area contributed by atoms with Crippen LogP contribution < -0.4 is 0 Å². The van der Waals surface area contributed by atoms with Gasteiger partial charge < -0.3 is 9.84 Å². The fraction of sp³-hybridized carbons (Fsp3) is 0.692. The van der Waals surface area contributed by atoms with Crippen LogP contribution in [-0.2, 0) is 14.3 Å². The van der Waals surface area contributed by atoms with E-state index in [2.05, 4.69) is 25.2 Å². The van der Waals surface area contributed by atoms with Gasteiger partial charge in [0.2, 0.25) is 0 Å². The van der Waals surface area contributed by atoms with Crippen LogP contribution in [0.2, 0.25) is 0 Å². The summed E-state index contributed by atoms with van der Waals surface area (Å²) in [7, 11) is 0. The highest BCUT2D eigenvalue weighted by molar-refractivity contribution is 5.66. The van der Waals surface area contributed by atoms with Gasteiger partial charge in [-0.25, -0.2) is 0 Å². The molecule has 0 aromatic carbocycles. The van der Waals surface area contributed by atoms with Crippen molar-refractivity contribution in [2.75, 3.05) is 0 Å². The van der Waals surface area contributed by atoms with Crippen molar-refractivity contribution in [3.8, 4) is 0 Å². The fourth-order valence-corrected chi connectivity index (χ4v) is 1.18. The molecule has 0 amide bonds. The van der Waals surface area contributed by atoms with Crippen LogP contribution in [0.25, 0.3) is 0 Å². The molecule has 0 saturated heterocycles. The zero-order valence-corrected chi connectivity index (χ0v) is 11.1. The number of carbonyl (C=O) groups excluding carboxylic acids is 1. The van der Waals surface area contributed by atoms with Crippen LogP contribution in [-0.4, -0.2) is 17.0 Å². The first kappa shape index (κ1) is 18.1. The summed E-state index contributed by atoms with van der Waals surface area (Å²) in [4.78, 5) is 19.9. The molecule has 0 bridgehead atoms. The maximum atomic E-state index is 10.2. The Hall–Kier alpha value is -1.32. The first-order valence-corrected chi connectivity index (χ1v) is 5.93. The predicted octanol–water partition coefficient (Wildman–Crippen LogP) is 3.37. The molecule has 0 aromatic heterocycles. The number of carboxylic acids is 1. The van der Waals surface area contributed by atoms with Gasteiger partial charge in [0.05, 0.1) is 6.26 Å². The molecule has 0 spiro atoms. The van der Waals surface area contributed by atoms with E-state index in [-0.39, 0.29) is 5.97 Å². The number of aliphatic carboxylic acids is 1. The third-order valence-electron chi connectivity index (χ3n) is 2.15. The lowest BCUT2D eigenvalue weighted by molar-refractivity contribution is -0.137. The van der Waals surface area contributed by atoms with Crippen LogP contribution in [0.5, 0.6) is 0 Å². The van der Waals surface area contributed by atoms with Gasteiger partial charge in [0.25, 0.3) is 0 Å². The Kier molecular flexibility index (Phi) is 13.5. The van der Waals surface area contributed by atoms with Crippen molar-refractivity contribution in [3.63, 3.8) is 0 Å². The quantitative estimate of drug-likeness (QED) is 0.551. The number of hydrogen-bond acceptors (Lipinski definition) is 3. The molecule has 0 radical (unpaired) electrons. The second-order valence-corrected chi connectivity index (χ2v) is 3.96. The number of esters is 1. The largest absolute Gasteiger partial charge is 0.481 e. The van der Waals surface area contributed by atoms with Crippen molar-refractivity contribution < 1.29 is 19.4 Å². The summed E-state index contributed by atoms with van der Waals surface area (Å²) in [6, 6.07) is 0. The first-order chi connectivity index (χ1) is 7.93. The summed E-state index contributed by atoms with van der Waals surface area (Å²) < 4.78 is 4.17. The van der Waals surface area contributed by atoms with Gasteiger partial charge in [-0.3, -0.25) is 9.59 Å². The van der Waals surface area contributed by atoms with E-state index < -0.39 is 5.97 Å². The number of carboxylic acid groups (broad SMARTS) is 1. The average Bonchev–Trinajstić information content (AvgIpc) is 2.24. The Bertz CT molecular complexity index is 223. The highest BCUT2D eigenvalue weighted by atomic mass is 16.5. The molecule has 4 nitrogen and oxygen atoms in total. The lowest BCUT2D eigenvalue weighted by atomic mass is 9.99. The molecular formula is C13H24O4. The molecule has 0 aromatic rings. The molecule has 17 heavy (non-hydrogen) atoms. The van der Waals surface area contributed by atoms with Crippen LogP contribution in [0.4, 0.5) is 0 Å². The van der Waals surface area contributed by atoms with Gasteiger partial charge in [-0.05, 0) is 12.3 Å². The van der Waals surface area contributed by atoms with Crippen molar-refractivity contribution in [2.45, 2.75) is 52.9 Å². The molecule has 1 N–H and O–H groups in total. The zero-order chi connectivity index (χ0) is 13.7. The van der Waals surface area contributed by atoms with Crippen LogP contribution in [0.1, 0.15) is 52.9 Å². The highest BCUT2D eigenvalue weighted by Crippen LogP contribution is 2.13. The average molecular weight is 244 g/mol. The molecular weight excluding hydrogens is 220 g/mol. The Morgan fingerprint density at radius 2 is 2.00 bits per heavy atom. The second-order valence-electron chi connectivity index (χ2n) is 3.96. The Balaban J connectivity index is 0. The Morgan fingerprint density at radius 1 is 1.41 bits per heavy atom. The normalized spacial score (nSPS) is 10.8. The molecule has 0 aliphatic heterocycles. The molecule has 0 rings (SSSR count). The van der Waals surface area contributed by atoms with Crippen molar-refractivity contribution in [1.82, 2.24) is 0 Å². The highest BCUT2D eigenvalue weighted by Gasteiger charge is 2.03. The van der Waals surface area contributed by atoms with E-state index >= 15 is 0 Å². The van der Waals surface area contributed by atoms with E-state index in [1.165, 1.54) is 26.2 Å².